The van der Waals surface area contributed by atoms with Crippen molar-refractivity contribution in [1.29, 1.82) is 0 Å². The Kier molecular flexibility index (Phi) is 6.61. The molecule has 7 heteroatoms. The normalized spacial score (nSPS) is 20.7. The van der Waals surface area contributed by atoms with Gasteiger partial charge < -0.3 is 10.2 Å². The molecule has 26 heavy (non-hydrogen) atoms. The predicted octanol–water partition coefficient (Wildman–Crippen LogP) is 4.22. The van der Waals surface area contributed by atoms with Crippen molar-refractivity contribution in [2.75, 3.05) is 26.2 Å². The Morgan fingerprint density at radius 2 is 1.88 bits per heavy atom. The molecule has 3 nitrogen and oxygen atoms in total. The van der Waals surface area contributed by atoms with E-state index in [0.29, 0.717) is 18.5 Å². The SMILES string of the molecule is CC(CC(=O)N1CCC2(CCNC2)CC1)c1ccccc1C(F)(F)F.Cl. The van der Waals surface area contributed by atoms with Gasteiger partial charge >= 0.3 is 6.18 Å². The Morgan fingerprint density at radius 3 is 2.46 bits per heavy atom. The number of benzene rings is 1. The van der Waals surface area contributed by atoms with Crippen molar-refractivity contribution in [2.45, 2.75) is 44.7 Å². The fourth-order valence-electron chi connectivity index (χ4n) is 4.14. The van der Waals surface area contributed by atoms with Gasteiger partial charge in [-0.2, -0.15) is 13.2 Å². The molecule has 1 N–H and O–H groups in total. The zero-order valence-corrected chi connectivity index (χ0v) is 15.8. The van der Waals surface area contributed by atoms with Gasteiger partial charge in [0.15, 0.2) is 0 Å². The quantitative estimate of drug-likeness (QED) is 0.838. The Labute approximate surface area is 158 Å². The largest absolute Gasteiger partial charge is 0.416 e. The smallest absolute Gasteiger partial charge is 0.343 e. The second-order valence-electron chi connectivity index (χ2n) is 7.50. The molecule has 1 atom stereocenters. The minimum absolute atomic E-state index is 0. The lowest BCUT2D eigenvalue weighted by Gasteiger charge is -2.39. The van der Waals surface area contributed by atoms with Crippen LogP contribution in [0, 0.1) is 5.41 Å². The Bertz CT molecular complexity index is 619. The lowest BCUT2D eigenvalue weighted by atomic mass is 9.77. The molecule has 2 saturated heterocycles. The lowest BCUT2D eigenvalue weighted by molar-refractivity contribution is -0.139. The molecule has 0 saturated carbocycles. The summed E-state index contributed by atoms with van der Waals surface area (Å²) in [5.41, 5.74) is -0.104. The monoisotopic (exact) mass is 390 g/mol. The molecule has 1 spiro atoms. The summed E-state index contributed by atoms with van der Waals surface area (Å²) in [5.74, 6) is -0.486. The van der Waals surface area contributed by atoms with Crippen LogP contribution in [0.15, 0.2) is 24.3 Å². The molecular weight excluding hydrogens is 365 g/mol. The summed E-state index contributed by atoms with van der Waals surface area (Å²) < 4.78 is 39.5. The van der Waals surface area contributed by atoms with E-state index in [9.17, 15) is 18.0 Å². The van der Waals surface area contributed by atoms with Gasteiger partial charge in [0.25, 0.3) is 0 Å². The first-order chi connectivity index (χ1) is 11.8. The molecule has 3 rings (SSSR count). The van der Waals surface area contributed by atoms with Crippen LogP contribution in [0.2, 0.25) is 0 Å². The third-order valence-electron chi connectivity index (χ3n) is 5.79. The number of rotatable bonds is 3. The number of carbonyl (C=O) groups is 1. The maximum Gasteiger partial charge on any atom is 0.416 e. The van der Waals surface area contributed by atoms with E-state index in [2.05, 4.69) is 5.32 Å². The van der Waals surface area contributed by atoms with Crippen molar-refractivity contribution in [3.8, 4) is 0 Å². The second kappa shape index (κ2) is 8.17. The fourth-order valence-corrected chi connectivity index (χ4v) is 4.14. The predicted molar refractivity (Wildman–Crippen MR) is 97.5 cm³/mol. The summed E-state index contributed by atoms with van der Waals surface area (Å²) >= 11 is 0. The molecule has 2 aliphatic rings. The second-order valence-corrected chi connectivity index (χ2v) is 7.50. The highest BCUT2D eigenvalue weighted by atomic mass is 35.5. The molecule has 1 unspecified atom stereocenters. The van der Waals surface area contributed by atoms with Gasteiger partial charge in [0, 0.05) is 26.1 Å². The number of amides is 1. The minimum atomic E-state index is -4.39. The first-order valence-electron chi connectivity index (χ1n) is 8.95. The van der Waals surface area contributed by atoms with E-state index in [-0.39, 0.29) is 30.3 Å². The minimum Gasteiger partial charge on any atom is -0.343 e. The highest BCUT2D eigenvalue weighted by Gasteiger charge is 2.39. The van der Waals surface area contributed by atoms with Crippen molar-refractivity contribution in [2.24, 2.45) is 5.41 Å². The third kappa shape index (κ3) is 4.52. The number of likely N-dealkylation sites (tertiary alicyclic amines) is 1. The van der Waals surface area contributed by atoms with Gasteiger partial charge in [0.1, 0.15) is 0 Å². The van der Waals surface area contributed by atoms with Crippen molar-refractivity contribution >= 4 is 18.3 Å². The molecule has 0 aromatic heterocycles. The average Bonchev–Trinajstić information content (AvgIpc) is 3.02. The molecule has 1 aromatic rings. The van der Waals surface area contributed by atoms with Crippen LogP contribution < -0.4 is 5.32 Å². The third-order valence-corrected chi connectivity index (χ3v) is 5.79. The van der Waals surface area contributed by atoms with Crippen LogP contribution in [0.4, 0.5) is 13.2 Å². The van der Waals surface area contributed by atoms with E-state index in [1.165, 1.54) is 12.1 Å². The Balaban J connectivity index is 0.00000243. The summed E-state index contributed by atoms with van der Waals surface area (Å²) in [6, 6.07) is 5.56. The van der Waals surface area contributed by atoms with Crippen LogP contribution >= 0.6 is 12.4 Å². The Hall–Kier alpha value is -1.27. The summed E-state index contributed by atoms with van der Waals surface area (Å²) in [4.78, 5) is 14.4. The van der Waals surface area contributed by atoms with Gasteiger partial charge in [-0.1, -0.05) is 25.1 Å². The lowest BCUT2D eigenvalue weighted by Crippen LogP contribution is -2.44. The van der Waals surface area contributed by atoms with E-state index < -0.39 is 17.7 Å². The number of hydrogen-bond acceptors (Lipinski definition) is 2. The van der Waals surface area contributed by atoms with Crippen molar-refractivity contribution in [3.63, 3.8) is 0 Å². The molecule has 1 aromatic carbocycles. The molecular formula is C19H26ClF3N2O. The highest BCUT2D eigenvalue weighted by molar-refractivity contribution is 5.85. The Morgan fingerprint density at radius 1 is 1.23 bits per heavy atom. The first kappa shape index (κ1) is 21.0. The van der Waals surface area contributed by atoms with Crippen LogP contribution in [0.5, 0.6) is 0 Å². The summed E-state index contributed by atoms with van der Waals surface area (Å²) in [7, 11) is 0. The van der Waals surface area contributed by atoms with Crippen molar-refractivity contribution in [3.05, 3.63) is 35.4 Å². The number of hydrogen-bond donors (Lipinski definition) is 1. The van der Waals surface area contributed by atoms with Crippen LogP contribution in [-0.4, -0.2) is 37.0 Å². The van der Waals surface area contributed by atoms with E-state index in [1.807, 2.05) is 4.90 Å². The number of alkyl halides is 3. The molecule has 0 aliphatic carbocycles. The van der Waals surface area contributed by atoms with Gasteiger partial charge in [0.05, 0.1) is 5.56 Å². The number of halogens is 4. The van der Waals surface area contributed by atoms with Gasteiger partial charge in [0.2, 0.25) is 5.91 Å². The van der Waals surface area contributed by atoms with Crippen LogP contribution in [-0.2, 0) is 11.0 Å². The molecule has 2 fully saturated rings. The molecule has 0 radical (unpaired) electrons. The molecule has 2 aliphatic heterocycles. The van der Waals surface area contributed by atoms with E-state index in [1.54, 1.807) is 13.0 Å². The first-order valence-corrected chi connectivity index (χ1v) is 8.95. The molecule has 0 bridgehead atoms. The zero-order chi connectivity index (χ0) is 18.1. The summed E-state index contributed by atoms with van der Waals surface area (Å²) in [6.45, 7) is 5.20. The summed E-state index contributed by atoms with van der Waals surface area (Å²) in [5, 5.41) is 3.39. The number of piperidine rings is 1. The fraction of sp³-hybridized carbons (Fsp3) is 0.632. The number of carbonyl (C=O) groups excluding carboxylic acids is 1. The average molecular weight is 391 g/mol. The van der Waals surface area contributed by atoms with E-state index in [0.717, 1.165) is 38.4 Å². The van der Waals surface area contributed by atoms with Gasteiger partial charge in [-0.05, 0) is 48.8 Å². The van der Waals surface area contributed by atoms with E-state index >= 15 is 0 Å². The van der Waals surface area contributed by atoms with Crippen LogP contribution in [0.3, 0.4) is 0 Å². The van der Waals surface area contributed by atoms with Crippen LogP contribution in [0.1, 0.15) is 49.7 Å². The maximum absolute atomic E-state index is 13.2. The van der Waals surface area contributed by atoms with E-state index in [4.69, 9.17) is 0 Å². The summed E-state index contributed by atoms with van der Waals surface area (Å²) in [6.07, 6.45) is -1.14. The highest BCUT2D eigenvalue weighted by Crippen LogP contribution is 2.38. The van der Waals surface area contributed by atoms with Gasteiger partial charge in [-0.15, -0.1) is 12.4 Å². The molecule has 146 valence electrons. The van der Waals surface area contributed by atoms with Gasteiger partial charge in [-0.25, -0.2) is 0 Å². The zero-order valence-electron chi connectivity index (χ0n) is 14.9. The standard InChI is InChI=1S/C19H25F3N2O.ClH/c1-14(15-4-2-3-5-16(15)19(20,21)22)12-17(25)24-10-7-18(8-11-24)6-9-23-13-18;/h2-5,14,23H,6-13H2,1H3;1H. The molecule has 2 heterocycles. The maximum atomic E-state index is 13.2. The van der Waals surface area contributed by atoms with Crippen molar-refractivity contribution < 1.29 is 18.0 Å². The van der Waals surface area contributed by atoms with Crippen LogP contribution in [0.25, 0.3) is 0 Å². The van der Waals surface area contributed by atoms with Crippen molar-refractivity contribution in [1.82, 2.24) is 10.2 Å². The number of nitrogens with one attached hydrogen (secondary N) is 1. The topological polar surface area (TPSA) is 32.3 Å². The number of nitrogens with zero attached hydrogens (tertiary/aromatic N) is 1. The molecule has 1 amide bonds. The van der Waals surface area contributed by atoms with Gasteiger partial charge in [-0.3, -0.25) is 4.79 Å².